The van der Waals surface area contributed by atoms with E-state index in [0.29, 0.717) is 24.9 Å². The summed E-state index contributed by atoms with van der Waals surface area (Å²) in [6.07, 6.45) is 8.14. The maximum absolute atomic E-state index is 11.8. The van der Waals surface area contributed by atoms with Crippen molar-refractivity contribution < 1.29 is 8.42 Å². The first-order valence-electron chi connectivity index (χ1n) is 6.85. The molecular weight excluding hydrogens is 248 g/mol. The lowest BCUT2D eigenvalue weighted by Gasteiger charge is -2.18. The fourth-order valence-electron chi connectivity index (χ4n) is 2.01. The highest BCUT2D eigenvalue weighted by Gasteiger charge is 2.14. The third kappa shape index (κ3) is 7.13. The molecule has 106 valence electrons. The van der Waals surface area contributed by atoms with E-state index in [4.69, 9.17) is 0 Å². The molecule has 0 aromatic heterocycles. The summed E-state index contributed by atoms with van der Waals surface area (Å²) in [6, 6.07) is 0.412. The van der Waals surface area contributed by atoms with Crippen molar-refractivity contribution in [2.45, 2.75) is 45.6 Å². The van der Waals surface area contributed by atoms with Gasteiger partial charge in [-0.05, 0) is 38.1 Å². The monoisotopic (exact) mass is 274 g/mol. The van der Waals surface area contributed by atoms with Crippen molar-refractivity contribution in [2.75, 3.05) is 18.8 Å². The minimum Gasteiger partial charge on any atom is -0.314 e. The van der Waals surface area contributed by atoms with E-state index in [-0.39, 0.29) is 5.75 Å². The largest absolute Gasteiger partial charge is 0.314 e. The van der Waals surface area contributed by atoms with Crippen LogP contribution in [0.2, 0.25) is 0 Å². The molecule has 2 N–H and O–H groups in total. The van der Waals surface area contributed by atoms with Crippen LogP contribution in [0.4, 0.5) is 0 Å². The topological polar surface area (TPSA) is 58.2 Å². The number of hydrogen-bond acceptors (Lipinski definition) is 3. The summed E-state index contributed by atoms with van der Waals surface area (Å²) in [4.78, 5) is 0. The van der Waals surface area contributed by atoms with Gasteiger partial charge in [0.2, 0.25) is 10.0 Å². The molecule has 0 radical (unpaired) electrons. The van der Waals surface area contributed by atoms with Gasteiger partial charge in [-0.1, -0.05) is 26.0 Å². The van der Waals surface area contributed by atoms with E-state index < -0.39 is 10.0 Å². The maximum atomic E-state index is 11.8. The smallest absolute Gasteiger partial charge is 0.211 e. The predicted octanol–water partition coefficient (Wildman–Crippen LogP) is 1.65. The summed E-state index contributed by atoms with van der Waals surface area (Å²) in [5, 5.41) is 3.22. The van der Waals surface area contributed by atoms with Gasteiger partial charge in [0.1, 0.15) is 0 Å². The summed E-state index contributed by atoms with van der Waals surface area (Å²) in [5.74, 6) is 0.688. The average Bonchev–Trinajstić information content (AvgIpc) is 2.34. The van der Waals surface area contributed by atoms with Crippen LogP contribution < -0.4 is 10.0 Å². The molecule has 0 spiro atoms. The molecule has 1 rings (SSSR count). The number of rotatable bonds is 8. The molecule has 0 heterocycles. The first kappa shape index (κ1) is 15.7. The molecule has 0 aromatic carbocycles. The lowest BCUT2D eigenvalue weighted by molar-refractivity contribution is 0.467. The highest BCUT2D eigenvalue weighted by molar-refractivity contribution is 7.89. The molecule has 1 atom stereocenters. The molecule has 0 aliphatic heterocycles. The summed E-state index contributed by atoms with van der Waals surface area (Å²) in [7, 11) is -3.09. The van der Waals surface area contributed by atoms with E-state index in [9.17, 15) is 8.42 Å². The Hall–Kier alpha value is -0.390. The van der Waals surface area contributed by atoms with Crippen LogP contribution in [0, 0.1) is 5.92 Å². The highest BCUT2D eigenvalue weighted by atomic mass is 32.2. The van der Waals surface area contributed by atoms with Gasteiger partial charge < -0.3 is 5.32 Å². The van der Waals surface area contributed by atoms with E-state index >= 15 is 0 Å². The number of sulfonamides is 1. The Bertz CT molecular complexity index is 350. The second kappa shape index (κ2) is 7.92. The van der Waals surface area contributed by atoms with Gasteiger partial charge in [0.05, 0.1) is 5.75 Å². The van der Waals surface area contributed by atoms with Crippen LogP contribution in [0.1, 0.15) is 39.5 Å². The maximum Gasteiger partial charge on any atom is 0.211 e. The van der Waals surface area contributed by atoms with Crippen molar-refractivity contribution in [3.8, 4) is 0 Å². The zero-order valence-corrected chi connectivity index (χ0v) is 12.3. The Kier molecular flexibility index (Phi) is 6.89. The van der Waals surface area contributed by atoms with Crippen LogP contribution >= 0.6 is 0 Å². The van der Waals surface area contributed by atoms with Crippen LogP contribution in [0.15, 0.2) is 12.2 Å². The van der Waals surface area contributed by atoms with Gasteiger partial charge in [-0.3, -0.25) is 0 Å². The van der Waals surface area contributed by atoms with Crippen molar-refractivity contribution >= 4 is 10.0 Å². The number of nitrogens with one attached hydrogen (secondary N) is 2. The summed E-state index contributed by atoms with van der Waals surface area (Å²) in [5.41, 5.74) is 0. The van der Waals surface area contributed by atoms with E-state index in [2.05, 4.69) is 36.0 Å². The predicted molar refractivity (Wildman–Crippen MR) is 76.0 cm³/mol. The summed E-state index contributed by atoms with van der Waals surface area (Å²) in [6.45, 7) is 5.46. The van der Waals surface area contributed by atoms with E-state index in [0.717, 1.165) is 25.8 Å². The van der Waals surface area contributed by atoms with Gasteiger partial charge in [0.25, 0.3) is 0 Å². The molecule has 1 aliphatic rings. The number of hydrogen-bond donors (Lipinski definition) is 2. The Morgan fingerprint density at radius 2 is 2.11 bits per heavy atom. The molecule has 0 saturated heterocycles. The molecule has 1 unspecified atom stereocenters. The molecule has 0 saturated carbocycles. The normalized spacial score (nSPS) is 20.5. The Balaban J connectivity index is 2.16. The van der Waals surface area contributed by atoms with Crippen molar-refractivity contribution in [1.29, 1.82) is 0 Å². The average molecular weight is 274 g/mol. The van der Waals surface area contributed by atoms with Crippen LogP contribution in [0.5, 0.6) is 0 Å². The Morgan fingerprint density at radius 1 is 1.33 bits per heavy atom. The molecule has 1 aliphatic carbocycles. The van der Waals surface area contributed by atoms with Crippen molar-refractivity contribution in [3.63, 3.8) is 0 Å². The van der Waals surface area contributed by atoms with Gasteiger partial charge in [0.15, 0.2) is 0 Å². The van der Waals surface area contributed by atoms with Crippen LogP contribution in [0.3, 0.4) is 0 Å². The quantitative estimate of drug-likeness (QED) is 0.523. The lowest BCUT2D eigenvalue weighted by atomic mass is 9.95. The zero-order valence-electron chi connectivity index (χ0n) is 11.5. The highest BCUT2D eigenvalue weighted by Crippen LogP contribution is 2.17. The van der Waals surface area contributed by atoms with Crippen molar-refractivity contribution in [3.05, 3.63) is 12.2 Å². The SMILES string of the molecule is CC(C)NCCCS(=O)(=O)NCC1CC=CCC1. The molecule has 5 heteroatoms. The van der Waals surface area contributed by atoms with Crippen molar-refractivity contribution in [1.82, 2.24) is 10.0 Å². The second-order valence-electron chi connectivity index (χ2n) is 5.28. The summed E-state index contributed by atoms with van der Waals surface area (Å²) >= 11 is 0. The van der Waals surface area contributed by atoms with Crippen LogP contribution in [0.25, 0.3) is 0 Å². The first-order valence-corrected chi connectivity index (χ1v) is 8.50. The fourth-order valence-corrected chi connectivity index (χ4v) is 3.17. The lowest BCUT2D eigenvalue weighted by Crippen LogP contribution is -2.33. The van der Waals surface area contributed by atoms with Crippen molar-refractivity contribution in [2.24, 2.45) is 5.92 Å². The fraction of sp³-hybridized carbons (Fsp3) is 0.846. The van der Waals surface area contributed by atoms with Gasteiger partial charge in [0, 0.05) is 12.6 Å². The van der Waals surface area contributed by atoms with E-state index in [1.165, 1.54) is 0 Å². The minimum absolute atomic E-state index is 0.218. The molecule has 0 amide bonds. The molecule has 0 aromatic rings. The molecule has 18 heavy (non-hydrogen) atoms. The molecule has 0 fully saturated rings. The Labute approximate surface area is 111 Å². The summed E-state index contributed by atoms with van der Waals surface area (Å²) < 4.78 is 26.2. The third-order valence-corrected chi connectivity index (χ3v) is 4.54. The third-order valence-electron chi connectivity index (χ3n) is 3.11. The first-order chi connectivity index (χ1) is 8.49. The van der Waals surface area contributed by atoms with Gasteiger partial charge >= 0.3 is 0 Å². The minimum atomic E-state index is -3.09. The molecule has 4 nitrogen and oxygen atoms in total. The molecular formula is C13H26N2O2S. The van der Waals surface area contributed by atoms with Gasteiger partial charge in [-0.25, -0.2) is 13.1 Å². The Morgan fingerprint density at radius 3 is 2.72 bits per heavy atom. The number of allylic oxidation sites excluding steroid dienone is 2. The van der Waals surface area contributed by atoms with E-state index in [1.54, 1.807) is 0 Å². The van der Waals surface area contributed by atoms with Gasteiger partial charge in [-0.2, -0.15) is 0 Å². The van der Waals surface area contributed by atoms with E-state index in [1.807, 2.05) is 0 Å². The van der Waals surface area contributed by atoms with Crippen LogP contribution in [-0.4, -0.2) is 33.3 Å². The molecule has 0 bridgehead atoms. The van der Waals surface area contributed by atoms with Gasteiger partial charge in [-0.15, -0.1) is 0 Å². The second-order valence-corrected chi connectivity index (χ2v) is 7.21. The standard InChI is InChI=1S/C13H26N2O2S/c1-12(2)14-9-6-10-18(16,17)15-11-13-7-4-3-5-8-13/h3-4,12-15H,5-11H2,1-2H3. The zero-order chi connectivity index (χ0) is 13.4. The van der Waals surface area contributed by atoms with Crippen LogP contribution in [-0.2, 0) is 10.0 Å².